The van der Waals surface area contributed by atoms with E-state index in [2.05, 4.69) is 10.3 Å². The van der Waals surface area contributed by atoms with Crippen LogP contribution in [-0.2, 0) is 22.2 Å². The summed E-state index contributed by atoms with van der Waals surface area (Å²) in [5, 5.41) is 13.2. The van der Waals surface area contributed by atoms with Crippen molar-refractivity contribution in [2.24, 2.45) is 13.0 Å². The standard InChI is InChI=1S/C21H25F3N4O4/c1-27-12-9-25-19(27)20(31,21(22,23)24)13-17(29)28-10-7-14(8-11-28)18(30)26-15-5-3-4-6-16(15)32-2/h3-6,9,12,14,31H,7-8,10-11,13H2,1-2H3,(H,26,30). The van der Waals surface area contributed by atoms with E-state index in [-0.39, 0.29) is 19.0 Å². The Morgan fingerprint density at radius 2 is 1.91 bits per heavy atom. The van der Waals surface area contributed by atoms with Crippen molar-refractivity contribution in [1.82, 2.24) is 14.5 Å². The predicted molar refractivity (Wildman–Crippen MR) is 109 cm³/mol. The molecule has 1 aliphatic rings. The number of rotatable bonds is 6. The number of hydrogen-bond donors (Lipinski definition) is 2. The Balaban J connectivity index is 1.62. The Kier molecular flexibility index (Phi) is 6.77. The third kappa shape index (κ3) is 4.72. The van der Waals surface area contributed by atoms with E-state index in [1.807, 2.05) is 0 Å². The number of ether oxygens (including phenoxy) is 1. The summed E-state index contributed by atoms with van der Waals surface area (Å²) >= 11 is 0. The number of amides is 2. The number of para-hydroxylation sites is 2. The summed E-state index contributed by atoms with van der Waals surface area (Å²) in [7, 11) is 2.80. The average molecular weight is 454 g/mol. The highest BCUT2D eigenvalue weighted by atomic mass is 19.4. The second-order valence-electron chi connectivity index (χ2n) is 7.74. The lowest BCUT2D eigenvalue weighted by molar-refractivity contribution is -0.272. The first-order chi connectivity index (χ1) is 15.1. The van der Waals surface area contributed by atoms with Gasteiger partial charge in [-0.15, -0.1) is 0 Å². The van der Waals surface area contributed by atoms with Crippen LogP contribution in [-0.4, -0.2) is 57.7 Å². The van der Waals surface area contributed by atoms with Crippen LogP contribution in [0.15, 0.2) is 36.7 Å². The van der Waals surface area contributed by atoms with Crippen molar-refractivity contribution >= 4 is 17.5 Å². The van der Waals surface area contributed by atoms with Gasteiger partial charge in [-0.25, -0.2) is 4.98 Å². The molecular weight excluding hydrogens is 429 g/mol. The Morgan fingerprint density at radius 3 is 2.47 bits per heavy atom. The molecule has 2 amide bonds. The Labute approximate surface area is 183 Å². The summed E-state index contributed by atoms with van der Waals surface area (Å²) in [5.41, 5.74) is -2.88. The van der Waals surface area contributed by atoms with Crippen LogP contribution in [0.2, 0.25) is 0 Å². The Bertz CT molecular complexity index is 970. The fourth-order valence-corrected chi connectivity index (χ4v) is 3.77. The van der Waals surface area contributed by atoms with Crippen LogP contribution in [0, 0.1) is 5.92 Å². The molecule has 3 rings (SSSR count). The Morgan fingerprint density at radius 1 is 1.25 bits per heavy atom. The van der Waals surface area contributed by atoms with Gasteiger partial charge in [0.15, 0.2) is 5.82 Å². The number of aromatic nitrogens is 2. The van der Waals surface area contributed by atoms with Crippen molar-refractivity contribution in [2.75, 3.05) is 25.5 Å². The summed E-state index contributed by atoms with van der Waals surface area (Å²) in [5.74, 6) is -1.64. The highest BCUT2D eigenvalue weighted by molar-refractivity contribution is 5.94. The number of carbonyl (C=O) groups is 2. The molecule has 2 heterocycles. The number of methoxy groups -OCH3 is 1. The van der Waals surface area contributed by atoms with E-state index < -0.39 is 35.8 Å². The van der Waals surface area contributed by atoms with E-state index in [9.17, 15) is 27.9 Å². The highest BCUT2D eigenvalue weighted by Crippen LogP contribution is 2.41. The lowest BCUT2D eigenvalue weighted by atomic mass is 9.93. The smallest absolute Gasteiger partial charge is 0.425 e. The molecule has 2 N–H and O–H groups in total. The molecule has 2 aromatic rings. The lowest BCUT2D eigenvalue weighted by Gasteiger charge is -2.35. The first-order valence-corrected chi connectivity index (χ1v) is 10.1. The van der Waals surface area contributed by atoms with Crippen molar-refractivity contribution in [3.05, 3.63) is 42.5 Å². The van der Waals surface area contributed by atoms with Gasteiger partial charge in [-0.2, -0.15) is 13.2 Å². The van der Waals surface area contributed by atoms with Crippen LogP contribution >= 0.6 is 0 Å². The number of imidazole rings is 1. The minimum Gasteiger partial charge on any atom is -0.495 e. The molecule has 0 radical (unpaired) electrons. The van der Waals surface area contributed by atoms with Crippen molar-refractivity contribution in [3.8, 4) is 5.75 Å². The van der Waals surface area contributed by atoms with E-state index in [0.29, 0.717) is 24.3 Å². The molecule has 0 bridgehead atoms. The molecule has 174 valence electrons. The molecule has 0 aliphatic carbocycles. The summed E-state index contributed by atoms with van der Waals surface area (Å²) in [6.45, 7) is 0.217. The van der Waals surface area contributed by atoms with Crippen LogP contribution in [0.1, 0.15) is 25.1 Å². The van der Waals surface area contributed by atoms with Crippen molar-refractivity contribution in [2.45, 2.75) is 31.0 Å². The van der Waals surface area contributed by atoms with Crippen molar-refractivity contribution in [1.29, 1.82) is 0 Å². The van der Waals surface area contributed by atoms with Gasteiger partial charge in [0, 0.05) is 38.4 Å². The van der Waals surface area contributed by atoms with Crippen molar-refractivity contribution < 1.29 is 32.6 Å². The number of aliphatic hydroxyl groups is 1. The maximum absolute atomic E-state index is 13.7. The van der Waals surface area contributed by atoms with Gasteiger partial charge in [0.1, 0.15) is 5.75 Å². The maximum Gasteiger partial charge on any atom is 0.425 e. The minimum absolute atomic E-state index is 0.108. The molecular formula is C21H25F3N4O4. The second-order valence-corrected chi connectivity index (χ2v) is 7.74. The average Bonchev–Trinajstić information content (AvgIpc) is 3.19. The molecule has 11 heteroatoms. The van der Waals surface area contributed by atoms with Crippen LogP contribution in [0.3, 0.4) is 0 Å². The van der Waals surface area contributed by atoms with E-state index in [0.717, 1.165) is 10.8 Å². The number of carbonyl (C=O) groups excluding carboxylic acids is 2. The number of alkyl halides is 3. The maximum atomic E-state index is 13.7. The highest BCUT2D eigenvalue weighted by Gasteiger charge is 2.59. The Hall–Kier alpha value is -3.08. The van der Waals surface area contributed by atoms with Crippen LogP contribution in [0.5, 0.6) is 5.75 Å². The largest absolute Gasteiger partial charge is 0.495 e. The molecule has 0 spiro atoms. The summed E-state index contributed by atoms with van der Waals surface area (Å²) in [6, 6.07) is 6.93. The second kappa shape index (κ2) is 9.19. The third-order valence-electron chi connectivity index (χ3n) is 5.65. The fraction of sp³-hybridized carbons (Fsp3) is 0.476. The lowest BCUT2D eigenvalue weighted by Crippen LogP contribution is -2.50. The minimum atomic E-state index is -5.09. The molecule has 1 aromatic carbocycles. The van der Waals surface area contributed by atoms with Gasteiger partial charge in [-0.1, -0.05) is 12.1 Å². The van der Waals surface area contributed by atoms with E-state index >= 15 is 0 Å². The van der Waals surface area contributed by atoms with Gasteiger partial charge in [0.05, 0.1) is 19.2 Å². The number of nitrogens with zero attached hydrogens (tertiary/aromatic N) is 3. The van der Waals surface area contributed by atoms with Gasteiger partial charge in [-0.3, -0.25) is 9.59 Å². The topological polar surface area (TPSA) is 96.7 Å². The summed E-state index contributed by atoms with van der Waals surface area (Å²) < 4.78 is 47.3. The van der Waals surface area contributed by atoms with Crippen LogP contribution < -0.4 is 10.1 Å². The number of benzene rings is 1. The molecule has 1 aromatic heterocycles. The van der Waals surface area contributed by atoms with Gasteiger partial charge in [0.2, 0.25) is 17.4 Å². The first-order valence-electron chi connectivity index (χ1n) is 10.1. The zero-order valence-corrected chi connectivity index (χ0v) is 17.7. The molecule has 8 nitrogen and oxygen atoms in total. The number of hydrogen-bond acceptors (Lipinski definition) is 5. The fourth-order valence-electron chi connectivity index (χ4n) is 3.77. The monoisotopic (exact) mass is 454 g/mol. The first kappa shape index (κ1) is 23.6. The molecule has 1 fully saturated rings. The number of aryl methyl sites for hydroxylation is 1. The van der Waals surface area contributed by atoms with Gasteiger partial charge < -0.3 is 24.6 Å². The predicted octanol–water partition coefficient (Wildman–Crippen LogP) is 2.45. The quantitative estimate of drug-likeness (QED) is 0.699. The van der Waals surface area contributed by atoms with Gasteiger partial charge >= 0.3 is 6.18 Å². The van der Waals surface area contributed by atoms with Crippen molar-refractivity contribution in [3.63, 3.8) is 0 Å². The third-order valence-corrected chi connectivity index (χ3v) is 5.65. The van der Waals surface area contributed by atoms with E-state index in [1.165, 1.54) is 25.3 Å². The number of nitrogens with one attached hydrogen (secondary N) is 1. The zero-order chi connectivity index (χ0) is 23.5. The molecule has 1 unspecified atom stereocenters. The van der Waals surface area contributed by atoms with Crippen LogP contribution in [0.25, 0.3) is 0 Å². The molecule has 1 saturated heterocycles. The SMILES string of the molecule is COc1ccccc1NC(=O)C1CCN(C(=O)CC(O)(c2nccn2C)C(F)(F)F)CC1. The number of halogens is 3. The number of piperidine rings is 1. The van der Waals surface area contributed by atoms with E-state index in [1.54, 1.807) is 24.3 Å². The zero-order valence-electron chi connectivity index (χ0n) is 17.7. The number of likely N-dealkylation sites (tertiary alicyclic amines) is 1. The summed E-state index contributed by atoms with van der Waals surface area (Å²) in [4.78, 5) is 30.1. The molecule has 0 saturated carbocycles. The molecule has 1 aliphatic heterocycles. The molecule has 1 atom stereocenters. The van der Waals surface area contributed by atoms with Gasteiger partial charge in [0.25, 0.3) is 0 Å². The normalized spacial score (nSPS) is 17.0. The molecule has 32 heavy (non-hydrogen) atoms. The van der Waals surface area contributed by atoms with Gasteiger partial charge in [-0.05, 0) is 25.0 Å². The summed E-state index contributed by atoms with van der Waals surface area (Å²) in [6.07, 6.45) is -3.29. The number of anilines is 1. The van der Waals surface area contributed by atoms with E-state index in [4.69, 9.17) is 4.74 Å². The van der Waals surface area contributed by atoms with Crippen LogP contribution in [0.4, 0.5) is 18.9 Å².